The third-order valence-electron chi connectivity index (χ3n) is 1.54. The molecule has 0 N–H and O–H groups in total. The van der Waals surface area contributed by atoms with Crippen molar-refractivity contribution in [2.24, 2.45) is 5.41 Å². The number of rotatable bonds is 3. The Morgan fingerprint density at radius 3 is 2.15 bits per heavy atom. The van der Waals surface area contributed by atoms with Crippen LogP contribution >= 0.6 is 0 Å². The minimum absolute atomic E-state index is 0.214. The summed E-state index contributed by atoms with van der Waals surface area (Å²) < 4.78 is 18.0. The minimum atomic E-state index is -2.56. The van der Waals surface area contributed by atoms with Gasteiger partial charge in [-0.3, -0.25) is 4.79 Å². The molecule has 0 aromatic carbocycles. The molecule has 0 rings (SSSR count). The van der Waals surface area contributed by atoms with Crippen LogP contribution in [0.4, 0.5) is 4.11 Å². The van der Waals surface area contributed by atoms with Crippen molar-refractivity contribution < 1.29 is 13.6 Å². The van der Waals surface area contributed by atoms with Gasteiger partial charge < -0.3 is 8.84 Å². The highest BCUT2D eigenvalue weighted by molar-refractivity contribution is 6.70. The molecule has 0 aromatic rings. The van der Waals surface area contributed by atoms with E-state index < -0.39 is 13.8 Å². The largest absolute Gasteiger partial charge is 0.465 e. The SMILES string of the molecule is CC(C)(C)C(=O)OCC[Si](C)(C)F. The zero-order valence-electron chi connectivity index (χ0n) is 9.11. The van der Waals surface area contributed by atoms with Crippen molar-refractivity contribution in [2.75, 3.05) is 6.61 Å². The predicted molar refractivity (Wildman–Crippen MR) is 53.8 cm³/mol. The Hall–Kier alpha value is -0.383. The predicted octanol–water partition coefficient (Wildman–Crippen LogP) is 2.75. The average Bonchev–Trinajstić information content (AvgIpc) is 1.82. The minimum Gasteiger partial charge on any atom is -0.465 e. The molecule has 0 radical (unpaired) electrons. The van der Waals surface area contributed by atoms with Crippen molar-refractivity contribution >= 4 is 14.4 Å². The maximum Gasteiger partial charge on any atom is 0.311 e. The fraction of sp³-hybridized carbons (Fsp3) is 0.889. The first-order valence-corrected chi connectivity index (χ1v) is 7.57. The Morgan fingerprint density at radius 1 is 1.38 bits per heavy atom. The maximum atomic E-state index is 13.1. The van der Waals surface area contributed by atoms with Crippen LogP contribution in [0.25, 0.3) is 0 Å². The van der Waals surface area contributed by atoms with E-state index in [4.69, 9.17) is 4.74 Å². The van der Waals surface area contributed by atoms with E-state index in [0.717, 1.165) is 0 Å². The van der Waals surface area contributed by atoms with Gasteiger partial charge in [0.2, 0.25) is 8.41 Å². The summed E-state index contributed by atoms with van der Waals surface area (Å²) in [6, 6.07) is 0.384. The second-order valence-electron chi connectivity index (χ2n) is 4.85. The lowest BCUT2D eigenvalue weighted by molar-refractivity contribution is -0.152. The van der Waals surface area contributed by atoms with Crippen molar-refractivity contribution in [1.29, 1.82) is 0 Å². The van der Waals surface area contributed by atoms with E-state index in [2.05, 4.69) is 0 Å². The molecule has 0 aliphatic heterocycles. The topological polar surface area (TPSA) is 26.3 Å². The van der Waals surface area contributed by atoms with Crippen LogP contribution in [0, 0.1) is 5.41 Å². The van der Waals surface area contributed by atoms with E-state index in [1.54, 1.807) is 33.9 Å². The number of hydrogen-bond donors (Lipinski definition) is 0. The monoisotopic (exact) mass is 206 g/mol. The van der Waals surface area contributed by atoms with Gasteiger partial charge in [-0.2, -0.15) is 0 Å². The van der Waals surface area contributed by atoms with Crippen molar-refractivity contribution in [2.45, 2.75) is 39.9 Å². The summed E-state index contributed by atoms with van der Waals surface area (Å²) >= 11 is 0. The van der Waals surface area contributed by atoms with Crippen LogP contribution in [0.15, 0.2) is 0 Å². The van der Waals surface area contributed by atoms with Gasteiger partial charge in [-0.25, -0.2) is 0 Å². The van der Waals surface area contributed by atoms with Gasteiger partial charge in [0.1, 0.15) is 0 Å². The fourth-order valence-electron chi connectivity index (χ4n) is 0.603. The van der Waals surface area contributed by atoms with Gasteiger partial charge in [-0.1, -0.05) is 0 Å². The standard InChI is InChI=1S/C9H19FO2Si/c1-9(2,3)8(11)12-6-7-13(4,5)10/h6-7H2,1-5H3. The van der Waals surface area contributed by atoms with Crippen molar-refractivity contribution in [3.05, 3.63) is 0 Å². The van der Waals surface area contributed by atoms with Crippen LogP contribution < -0.4 is 0 Å². The molecule has 4 heteroatoms. The molecule has 0 unspecified atom stereocenters. The van der Waals surface area contributed by atoms with Crippen molar-refractivity contribution in [3.63, 3.8) is 0 Å². The Labute approximate surface area is 80.7 Å². The molecule has 0 atom stereocenters. The molecule has 0 fully saturated rings. The molecule has 0 saturated heterocycles. The van der Waals surface area contributed by atoms with E-state index >= 15 is 0 Å². The summed E-state index contributed by atoms with van der Waals surface area (Å²) in [6.07, 6.45) is 0. The van der Waals surface area contributed by atoms with Crippen LogP contribution in [0.5, 0.6) is 0 Å². The van der Waals surface area contributed by atoms with Gasteiger partial charge >= 0.3 is 5.97 Å². The van der Waals surface area contributed by atoms with Crippen LogP contribution in [0.1, 0.15) is 20.8 Å². The summed E-state index contributed by atoms with van der Waals surface area (Å²) in [5, 5.41) is 0. The quantitative estimate of drug-likeness (QED) is 0.403. The zero-order valence-corrected chi connectivity index (χ0v) is 10.1. The third-order valence-corrected chi connectivity index (χ3v) is 2.94. The molecule has 0 spiro atoms. The van der Waals surface area contributed by atoms with E-state index in [1.807, 2.05) is 0 Å². The third kappa shape index (κ3) is 6.75. The first kappa shape index (κ1) is 12.6. The lowest BCUT2D eigenvalue weighted by Gasteiger charge is -2.17. The van der Waals surface area contributed by atoms with E-state index in [1.165, 1.54) is 0 Å². The molecule has 0 heterocycles. The maximum absolute atomic E-state index is 13.1. The number of ether oxygens (including phenoxy) is 1. The molecule has 0 bridgehead atoms. The van der Waals surface area contributed by atoms with Gasteiger partial charge in [0.15, 0.2) is 0 Å². The Morgan fingerprint density at radius 2 is 1.85 bits per heavy atom. The summed E-state index contributed by atoms with van der Waals surface area (Å²) in [7, 11) is -2.56. The Balaban J connectivity index is 3.74. The van der Waals surface area contributed by atoms with Crippen LogP contribution in [0.3, 0.4) is 0 Å². The molecule has 0 aliphatic rings. The molecule has 2 nitrogen and oxygen atoms in total. The smallest absolute Gasteiger partial charge is 0.311 e. The normalized spacial score (nSPS) is 12.8. The molecule has 0 aliphatic carbocycles. The Kier molecular flexibility index (Phi) is 4.09. The summed E-state index contributed by atoms with van der Waals surface area (Å²) in [5.74, 6) is -0.259. The number of esters is 1. The highest BCUT2D eigenvalue weighted by Gasteiger charge is 2.25. The average molecular weight is 206 g/mol. The van der Waals surface area contributed by atoms with Gasteiger partial charge in [0.25, 0.3) is 0 Å². The fourth-order valence-corrected chi connectivity index (χ4v) is 1.19. The second-order valence-corrected chi connectivity index (χ2v) is 8.79. The van der Waals surface area contributed by atoms with E-state index in [-0.39, 0.29) is 12.6 Å². The highest BCUT2D eigenvalue weighted by Crippen LogP contribution is 2.16. The van der Waals surface area contributed by atoms with Crippen molar-refractivity contribution in [1.82, 2.24) is 0 Å². The zero-order chi connectivity index (χ0) is 10.7. The van der Waals surface area contributed by atoms with E-state index in [0.29, 0.717) is 6.04 Å². The molecule has 13 heavy (non-hydrogen) atoms. The lowest BCUT2D eigenvalue weighted by atomic mass is 9.97. The summed E-state index contributed by atoms with van der Waals surface area (Å²) in [5.41, 5.74) is -0.484. The molecule has 0 aromatic heterocycles. The van der Waals surface area contributed by atoms with Crippen molar-refractivity contribution in [3.8, 4) is 0 Å². The first-order valence-electron chi connectivity index (χ1n) is 4.49. The second kappa shape index (κ2) is 4.22. The van der Waals surface area contributed by atoms with Crippen LogP contribution in [0.2, 0.25) is 19.1 Å². The molecular formula is C9H19FO2Si. The van der Waals surface area contributed by atoms with Gasteiger partial charge in [0, 0.05) is 6.04 Å². The highest BCUT2D eigenvalue weighted by atomic mass is 28.4. The number of hydrogen-bond acceptors (Lipinski definition) is 2. The molecule has 78 valence electrons. The number of carbonyl (C=O) groups is 1. The van der Waals surface area contributed by atoms with Gasteiger partial charge in [-0.15, -0.1) is 0 Å². The summed E-state index contributed by atoms with van der Waals surface area (Å²) in [4.78, 5) is 11.2. The Bertz CT molecular complexity index is 179. The van der Waals surface area contributed by atoms with Crippen LogP contribution in [-0.2, 0) is 9.53 Å². The molecule has 0 amide bonds. The van der Waals surface area contributed by atoms with E-state index in [9.17, 15) is 8.90 Å². The lowest BCUT2D eigenvalue weighted by Crippen LogP contribution is -2.26. The van der Waals surface area contributed by atoms with Crippen LogP contribution in [-0.4, -0.2) is 21.0 Å². The number of halogens is 1. The van der Waals surface area contributed by atoms with Gasteiger partial charge in [0.05, 0.1) is 12.0 Å². The summed E-state index contributed by atoms with van der Waals surface area (Å²) in [6.45, 7) is 8.79. The molecular weight excluding hydrogens is 187 g/mol. The molecule has 0 saturated carbocycles. The number of carbonyl (C=O) groups excluding carboxylic acids is 1. The van der Waals surface area contributed by atoms with Gasteiger partial charge in [-0.05, 0) is 33.9 Å². The first-order chi connectivity index (χ1) is 5.63.